The Hall–Kier alpha value is -6.31. The second-order valence-electron chi connectivity index (χ2n) is 16.3. The molecule has 1 saturated carbocycles. The third-order valence-corrected chi connectivity index (χ3v) is 12.1. The molecule has 2 N–H and O–H groups in total. The van der Waals surface area contributed by atoms with Crippen molar-refractivity contribution < 1.29 is 46.9 Å². The third-order valence-electron chi connectivity index (χ3n) is 12.1. The van der Waals surface area contributed by atoms with Crippen LogP contribution in [0.4, 0.5) is 8.78 Å². The lowest BCUT2D eigenvalue weighted by Gasteiger charge is -2.37. The number of carboxylic acid groups (broad SMARTS) is 1. The zero-order valence-electron chi connectivity index (χ0n) is 34.5. The lowest BCUT2D eigenvalue weighted by Crippen LogP contribution is -2.56. The van der Waals surface area contributed by atoms with E-state index in [0.29, 0.717) is 53.9 Å². The molecule has 318 valence electrons. The standard InChI is InChI=1S/C47H48F2N4O8/c1-26-27(2)50-18-15-37(26)32-7-5-30(6-8-32)19-38(46(56)57)52-44(54)39-20-34-21-40-41(22-35(34)23-53(39)45(55)43-28(3)60-29(4)51-43)61-42(25-59-40)33-9-11-36(12-10-33)58-24-31-13-16-47(48,49)17-14-31/h5-12,15,18,21-22,31,38-39,42H,13-14,16-17,19-20,23-25H2,1-4H3,(H,52,54)(H,56,57)/t38?,39-,42+/m0/s1. The molecule has 61 heavy (non-hydrogen) atoms. The van der Waals surface area contributed by atoms with Gasteiger partial charge in [0.05, 0.1) is 6.61 Å². The van der Waals surface area contributed by atoms with Gasteiger partial charge in [0.15, 0.2) is 29.2 Å². The van der Waals surface area contributed by atoms with Gasteiger partial charge in [0.1, 0.15) is 30.2 Å². The van der Waals surface area contributed by atoms with Crippen molar-refractivity contribution in [2.45, 2.75) is 96.9 Å². The molecule has 0 radical (unpaired) electrons. The maximum atomic E-state index is 14.2. The molecule has 3 atom stereocenters. The van der Waals surface area contributed by atoms with E-state index in [2.05, 4.69) is 15.3 Å². The number of rotatable bonds is 11. The number of halogens is 2. The fourth-order valence-corrected chi connectivity index (χ4v) is 8.36. The summed E-state index contributed by atoms with van der Waals surface area (Å²) in [4.78, 5) is 51.1. The number of benzene rings is 3. The van der Waals surface area contributed by atoms with Crippen LogP contribution in [0.15, 0.2) is 77.3 Å². The van der Waals surface area contributed by atoms with E-state index < -0.39 is 41.9 Å². The van der Waals surface area contributed by atoms with Crippen LogP contribution in [-0.2, 0) is 29.0 Å². The lowest BCUT2D eigenvalue weighted by molar-refractivity contribution is -0.142. The summed E-state index contributed by atoms with van der Waals surface area (Å²) in [5.41, 5.74) is 7.10. The zero-order valence-corrected chi connectivity index (χ0v) is 34.5. The number of hydrogen-bond acceptors (Lipinski definition) is 9. The van der Waals surface area contributed by atoms with Crippen molar-refractivity contribution in [3.63, 3.8) is 0 Å². The minimum absolute atomic E-state index is 0.0106. The van der Waals surface area contributed by atoms with Gasteiger partial charge in [-0.15, -0.1) is 0 Å². The SMILES string of the molecule is Cc1nc(C(=O)N2Cc3cc4c(cc3C[C@H]2C(=O)NC(Cc2ccc(-c3ccnc(C)c3C)cc2)C(=O)O)OC[C@H](c2ccc(OCC3CCC(F)(F)CC3)cc2)O4)c(C)o1. The summed E-state index contributed by atoms with van der Waals surface area (Å²) in [7, 11) is 0. The van der Waals surface area contributed by atoms with E-state index in [1.807, 2.05) is 80.6 Å². The predicted molar refractivity (Wildman–Crippen MR) is 220 cm³/mol. The summed E-state index contributed by atoms with van der Waals surface area (Å²) in [6, 6.07) is 18.2. The molecular formula is C47H48F2N4O8. The normalized spacial score (nSPS) is 18.8. The second-order valence-corrected chi connectivity index (χ2v) is 16.3. The minimum atomic E-state index is -2.58. The number of nitrogens with zero attached hydrogens (tertiary/aromatic N) is 3. The van der Waals surface area contributed by atoms with E-state index in [9.17, 15) is 28.3 Å². The van der Waals surface area contributed by atoms with Gasteiger partial charge in [-0.3, -0.25) is 14.6 Å². The summed E-state index contributed by atoms with van der Waals surface area (Å²) >= 11 is 0. The molecule has 1 unspecified atom stereocenters. The van der Waals surface area contributed by atoms with Crippen molar-refractivity contribution in [3.05, 3.63) is 124 Å². The van der Waals surface area contributed by atoms with Gasteiger partial charge in [0.2, 0.25) is 11.8 Å². The number of carbonyl (C=O) groups is 3. The molecule has 0 bridgehead atoms. The number of pyridine rings is 1. The topological polar surface area (TPSA) is 153 Å². The average molecular weight is 835 g/mol. The average Bonchev–Trinajstić information content (AvgIpc) is 3.59. The fourth-order valence-electron chi connectivity index (χ4n) is 8.36. The van der Waals surface area contributed by atoms with E-state index >= 15 is 0 Å². The van der Waals surface area contributed by atoms with Crippen LogP contribution in [0.3, 0.4) is 0 Å². The van der Waals surface area contributed by atoms with Crippen molar-refractivity contribution in [1.82, 2.24) is 20.2 Å². The van der Waals surface area contributed by atoms with Gasteiger partial charge >= 0.3 is 5.97 Å². The van der Waals surface area contributed by atoms with Crippen LogP contribution in [0.1, 0.15) is 87.4 Å². The number of carboxylic acids is 1. The first-order valence-electron chi connectivity index (χ1n) is 20.6. The van der Waals surface area contributed by atoms with Crippen LogP contribution >= 0.6 is 0 Å². The first kappa shape index (κ1) is 41.4. The number of ether oxygens (including phenoxy) is 3. The Morgan fingerprint density at radius 3 is 2.38 bits per heavy atom. The van der Waals surface area contributed by atoms with Gasteiger partial charge in [-0.1, -0.05) is 36.4 Å². The molecule has 4 heterocycles. The van der Waals surface area contributed by atoms with Crippen molar-refractivity contribution in [2.24, 2.45) is 5.92 Å². The highest BCUT2D eigenvalue weighted by Gasteiger charge is 2.40. The van der Waals surface area contributed by atoms with E-state index in [4.69, 9.17) is 18.6 Å². The summed E-state index contributed by atoms with van der Waals surface area (Å²) in [5.74, 6) is -2.63. The van der Waals surface area contributed by atoms with E-state index in [0.717, 1.165) is 39.1 Å². The Morgan fingerprint density at radius 2 is 1.69 bits per heavy atom. The molecule has 0 saturated heterocycles. The van der Waals surface area contributed by atoms with Crippen LogP contribution in [0.2, 0.25) is 0 Å². The summed E-state index contributed by atoms with van der Waals surface area (Å²) in [5, 5.41) is 13.0. The molecule has 3 aromatic carbocycles. The summed E-state index contributed by atoms with van der Waals surface area (Å²) in [6.07, 6.45) is 2.08. The number of alkyl halides is 2. The second kappa shape index (κ2) is 17.0. The molecule has 14 heteroatoms. The maximum Gasteiger partial charge on any atom is 0.326 e. The monoisotopic (exact) mass is 834 g/mol. The molecule has 0 spiro atoms. The quantitative estimate of drug-likeness (QED) is 0.134. The van der Waals surface area contributed by atoms with Gasteiger partial charge < -0.3 is 34.0 Å². The summed E-state index contributed by atoms with van der Waals surface area (Å²) < 4.78 is 51.3. The smallest absolute Gasteiger partial charge is 0.326 e. The molecule has 2 aromatic heterocycles. The zero-order chi connectivity index (χ0) is 43.0. The number of aryl methyl sites for hydroxylation is 3. The van der Waals surface area contributed by atoms with Crippen molar-refractivity contribution in [1.29, 1.82) is 0 Å². The number of aromatic nitrogens is 2. The molecular weight excluding hydrogens is 787 g/mol. The first-order valence-corrected chi connectivity index (χ1v) is 20.6. The number of aliphatic carboxylic acids is 1. The van der Waals surface area contributed by atoms with Crippen LogP contribution in [-0.4, -0.2) is 69.0 Å². The first-order chi connectivity index (χ1) is 29.2. The highest BCUT2D eigenvalue weighted by Crippen LogP contribution is 2.42. The van der Waals surface area contributed by atoms with Gasteiger partial charge in [0.25, 0.3) is 5.91 Å². The molecule has 8 rings (SSSR count). The van der Waals surface area contributed by atoms with Crippen molar-refractivity contribution in [2.75, 3.05) is 13.2 Å². The molecule has 2 aliphatic heterocycles. The highest BCUT2D eigenvalue weighted by atomic mass is 19.3. The third kappa shape index (κ3) is 9.08. The number of oxazole rings is 1. The Morgan fingerprint density at radius 1 is 0.967 bits per heavy atom. The Balaban J connectivity index is 0.978. The molecule has 5 aromatic rings. The Labute approximate surface area is 352 Å². The number of carbonyl (C=O) groups excluding carboxylic acids is 2. The molecule has 1 fully saturated rings. The predicted octanol–water partition coefficient (Wildman–Crippen LogP) is 8.07. The molecule has 3 aliphatic rings. The van der Waals surface area contributed by atoms with E-state index in [-0.39, 0.29) is 50.4 Å². The van der Waals surface area contributed by atoms with Crippen LogP contribution in [0.25, 0.3) is 11.1 Å². The Kier molecular flexibility index (Phi) is 11.5. The Bertz CT molecular complexity index is 2440. The summed E-state index contributed by atoms with van der Waals surface area (Å²) in [6.45, 7) is 7.82. The van der Waals surface area contributed by atoms with E-state index in [1.165, 1.54) is 4.90 Å². The van der Waals surface area contributed by atoms with Gasteiger partial charge in [0, 0.05) is 51.0 Å². The molecule has 12 nitrogen and oxygen atoms in total. The van der Waals surface area contributed by atoms with E-state index in [1.54, 1.807) is 20.0 Å². The number of fused-ring (bicyclic) bond motifs is 2. The lowest BCUT2D eigenvalue weighted by atomic mass is 9.87. The minimum Gasteiger partial charge on any atom is -0.493 e. The largest absolute Gasteiger partial charge is 0.493 e. The fraction of sp³-hybridized carbons (Fsp3) is 0.383. The van der Waals surface area contributed by atoms with Crippen LogP contribution in [0, 0.1) is 33.6 Å². The maximum absolute atomic E-state index is 14.2. The van der Waals surface area contributed by atoms with Crippen molar-refractivity contribution in [3.8, 4) is 28.4 Å². The highest BCUT2D eigenvalue weighted by molar-refractivity contribution is 5.98. The van der Waals surface area contributed by atoms with Crippen molar-refractivity contribution >= 4 is 17.8 Å². The van der Waals surface area contributed by atoms with Gasteiger partial charge in [-0.05, 0) is 109 Å². The molecule has 2 amide bonds. The van der Waals surface area contributed by atoms with Gasteiger partial charge in [-0.2, -0.15) is 0 Å². The van der Waals surface area contributed by atoms with Gasteiger partial charge in [-0.25, -0.2) is 18.6 Å². The molecule has 1 aliphatic carbocycles. The number of hydrogen-bond donors (Lipinski definition) is 2. The van der Waals surface area contributed by atoms with Crippen LogP contribution < -0.4 is 19.5 Å². The van der Waals surface area contributed by atoms with Crippen LogP contribution in [0.5, 0.6) is 17.2 Å². The number of amides is 2. The number of nitrogens with one attached hydrogen (secondary N) is 1.